The SMILES string of the molecule is Cc1cc2ccccc2c(Oc2cccc(Oc3cnccn3)c2)n1. The highest BCUT2D eigenvalue weighted by molar-refractivity contribution is 5.87. The second-order valence-corrected chi connectivity index (χ2v) is 5.51. The van der Waals surface area contributed by atoms with Crippen molar-refractivity contribution in [2.75, 3.05) is 0 Å². The van der Waals surface area contributed by atoms with E-state index in [9.17, 15) is 0 Å². The summed E-state index contributed by atoms with van der Waals surface area (Å²) in [4.78, 5) is 12.6. The van der Waals surface area contributed by atoms with Crippen molar-refractivity contribution in [2.45, 2.75) is 6.92 Å². The average Bonchev–Trinajstić information content (AvgIpc) is 2.63. The predicted molar refractivity (Wildman–Crippen MR) is 95.1 cm³/mol. The molecule has 25 heavy (non-hydrogen) atoms. The Bertz CT molecular complexity index is 1020. The second-order valence-electron chi connectivity index (χ2n) is 5.51. The first kappa shape index (κ1) is 15.1. The Hall–Kier alpha value is -3.47. The normalized spacial score (nSPS) is 10.6. The highest BCUT2D eigenvalue weighted by Gasteiger charge is 2.08. The lowest BCUT2D eigenvalue weighted by Gasteiger charge is -2.10. The Balaban J connectivity index is 1.64. The fourth-order valence-electron chi connectivity index (χ4n) is 2.54. The summed E-state index contributed by atoms with van der Waals surface area (Å²) in [6, 6.07) is 17.4. The Labute approximate surface area is 144 Å². The molecule has 122 valence electrons. The maximum Gasteiger partial charge on any atom is 0.237 e. The van der Waals surface area contributed by atoms with E-state index in [4.69, 9.17) is 9.47 Å². The van der Waals surface area contributed by atoms with Crippen LogP contribution in [0, 0.1) is 6.92 Å². The molecule has 0 spiro atoms. The zero-order valence-electron chi connectivity index (χ0n) is 13.6. The molecule has 0 saturated carbocycles. The molecule has 2 aromatic carbocycles. The number of benzene rings is 2. The van der Waals surface area contributed by atoms with Crippen molar-refractivity contribution in [3.63, 3.8) is 0 Å². The van der Waals surface area contributed by atoms with Crippen LogP contribution >= 0.6 is 0 Å². The van der Waals surface area contributed by atoms with Crippen molar-refractivity contribution in [3.8, 4) is 23.3 Å². The van der Waals surface area contributed by atoms with Gasteiger partial charge in [-0.05, 0) is 36.6 Å². The van der Waals surface area contributed by atoms with Gasteiger partial charge in [-0.2, -0.15) is 0 Å². The van der Waals surface area contributed by atoms with Crippen LogP contribution in [0.5, 0.6) is 23.3 Å². The fraction of sp³-hybridized carbons (Fsp3) is 0.0500. The van der Waals surface area contributed by atoms with Gasteiger partial charge in [0.1, 0.15) is 11.5 Å². The van der Waals surface area contributed by atoms with Gasteiger partial charge in [0, 0.05) is 29.5 Å². The Kier molecular flexibility index (Phi) is 3.96. The van der Waals surface area contributed by atoms with Gasteiger partial charge in [0.05, 0.1) is 6.20 Å². The summed E-state index contributed by atoms with van der Waals surface area (Å²) in [5, 5.41) is 2.06. The number of ether oxygens (including phenoxy) is 2. The zero-order chi connectivity index (χ0) is 17.1. The molecule has 5 heteroatoms. The van der Waals surface area contributed by atoms with Crippen molar-refractivity contribution in [1.82, 2.24) is 15.0 Å². The van der Waals surface area contributed by atoms with E-state index in [0.717, 1.165) is 16.5 Å². The van der Waals surface area contributed by atoms with Crippen LogP contribution in [0.4, 0.5) is 0 Å². The van der Waals surface area contributed by atoms with Crippen LogP contribution in [0.15, 0.2) is 73.2 Å². The minimum absolute atomic E-state index is 0.429. The topological polar surface area (TPSA) is 57.1 Å². The molecule has 4 aromatic rings. The molecule has 2 heterocycles. The van der Waals surface area contributed by atoms with Crippen molar-refractivity contribution in [2.24, 2.45) is 0 Å². The third-order valence-corrected chi connectivity index (χ3v) is 3.62. The number of pyridine rings is 1. The number of hydrogen-bond donors (Lipinski definition) is 0. The molecule has 0 N–H and O–H groups in total. The summed E-state index contributed by atoms with van der Waals surface area (Å²) < 4.78 is 11.7. The third kappa shape index (κ3) is 3.40. The summed E-state index contributed by atoms with van der Waals surface area (Å²) in [6.45, 7) is 1.95. The van der Waals surface area contributed by atoms with E-state index in [-0.39, 0.29) is 0 Å². The number of hydrogen-bond acceptors (Lipinski definition) is 5. The lowest BCUT2D eigenvalue weighted by atomic mass is 10.1. The van der Waals surface area contributed by atoms with Gasteiger partial charge in [0.15, 0.2) is 0 Å². The molecule has 0 aliphatic carbocycles. The van der Waals surface area contributed by atoms with E-state index < -0.39 is 0 Å². The largest absolute Gasteiger partial charge is 0.438 e. The fourth-order valence-corrected chi connectivity index (χ4v) is 2.54. The Morgan fingerprint density at radius 3 is 2.52 bits per heavy atom. The predicted octanol–water partition coefficient (Wildman–Crippen LogP) is 4.92. The molecule has 4 rings (SSSR count). The molecule has 0 radical (unpaired) electrons. The average molecular weight is 329 g/mol. The van der Waals surface area contributed by atoms with Gasteiger partial charge in [-0.25, -0.2) is 9.97 Å². The molecular weight excluding hydrogens is 314 g/mol. The van der Waals surface area contributed by atoms with Gasteiger partial charge in [-0.3, -0.25) is 4.98 Å². The van der Waals surface area contributed by atoms with Crippen LogP contribution in [-0.4, -0.2) is 15.0 Å². The van der Waals surface area contributed by atoms with Crippen LogP contribution in [0.25, 0.3) is 10.8 Å². The van der Waals surface area contributed by atoms with Crippen LogP contribution in [-0.2, 0) is 0 Å². The molecule has 0 bridgehead atoms. The number of fused-ring (bicyclic) bond motifs is 1. The maximum atomic E-state index is 6.02. The van der Waals surface area contributed by atoms with Crippen molar-refractivity contribution < 1.29 is 9.47 Å². The van der Waals surface area contributed by atoms with Gasteiger partial charge < -0.3 is 9.47 Å². The van der Waals surface area contributed by atoms with E-state index in [0.29, 0.717) is 23.3 Å². The third-order valence-electron chi connectivity index (χ3n) is 3.62. The molecule has 0 aliphatic rings. The van der Waals surface area contributed by atoms with E-state index in [2.05, 4.69) is 15.0 Å². The molecular formula is C20H15N3O2. The second kappa shape index (κ2) is 6.57. The Morgan fingerprint density at radius 1 is 0.840 bits per heavy atom. The van der Waals surface area contributed by atoms with E-state index in [1.807, 2.05) is 55.5 Å². The highest BCUT2D eigenvalue weighted by Crippen LogP contribution is 2.31. The van der Waals surface area contributed by atoms with Crippen molar-refractivity contribution in [1.29, 1.82) is 0 Å². The minimum Gasteiger partial charge on any atom is -0.438 e. The van der Waals surface area contributed by atoms with E-state index >= 15 is 0 Å². The quantitative estimate of drug-likeness (QED) is 0.532. The summed E-state index contributed by atoms with van der Waals surface area (Å²) in [7, 11) is 0. The lowest BCUT2D eigenvalue weighted by molar-refractivity contribution is 0.443. The monoisotopic (exact) mass is 329 g/mol. The van der Waals surface area contributed by atoms with Crippen LogP contribution in [0.1, 0.15) is 5.69 Å². The standard InChI is InChI=1S/C20H15N3O2/c1-14-11-15-5-2-3-8-18(15)20(23-14)25-17-7-4-6-16(12-17)24-19-13-21-9-10-22-19/h2-13H,1H3. The Morgan fingerprint density at radius 2 is 1.68 bits per heavy atom. The summed E-state index contributed by atoms with van der Waals surface area (Å²) in [5.74, 6) is 2.27. The first-order valence-corrected chi connectivity index (χ1v) is 7.86. The minimum atomic E-state index is 0.429. The molecule has 0 unspecified atom stereocenters. The van der Waals surface area contributed by atoms with Gasteiger partial charge in [-0.1, -0.05) is 24.3 Å². The van der Waals surface area contributed by atoms with Gasteiger partial charge >= 0.3 is 0 Å². The molecule has 5 nitrogen and oxygen atoms in total. The zero-order valence-corrected chi connectivity index (χ0v) is 13.6. The summed E-state index contributed by atoms with van der Waals surface area (Å²) >= 11 is 0. The first-order chi connectivity index (χ1) is 12.3. The molecule has 0 saturated heterocycles. The first-order valence-electron chi connectivity index (χ1n) is 7.86. The summed E-state index contributed by atoms with van der Waals surface area (Å²) in [6.07, 6.45) is 4.74. The molecule has 0 aliphatic heterocycles. The van der Waals surface area contributed by atoms with Crippen LogP contribution in [0.3, 0.4) is 0 Å². The number of aryl methyl sites for hydroxylation is 1. The van der Waals surface area contributed by atoms with Gasteiger partial charge in [0.25, 0.3) is 0 Å². The van der Waals surface area contributed by atoms with Crippen LogP contribution < -0.4 is 9.47 Å². The number of rotatable bonds is 4. The van der Waals surface area contributed by atoms with Crippen molar-refractivity contribution in [3.05, 3.63) is 78.9 Å². The van der Waals surface area contributed by atoms with Gasteiger partial charge in [0.2, 0.25) is 11.8 Å². The number of nitrogens with zero attached hydrogens (tertiary/aromatic N) is 3. The smallest absolute Gasteiger partial charge is 0.237 e. The molecule has 2 aromatic heterocycles. The summed E-state index contributed by atoms with van der Waals surface area (Å²) in [5.41, 5.74) is 0.903. The van der Waals surface area contributed by atoms with Crippen molar-refractivity contribution >= 4 is 10.8 Å². The molecule has 0 atom stereocenters. The molecule has 0 fully saturated rings. The maximum absolute atomic E-state index is 6.02. The van der Waals surface area contributed by atoms with Crippen LogP contribution in [0.2, 0.25) is 0 Å². The van der Waals surface area contributed by atoms with Gasteiger partial charge in [-0.15, -0.1) is 0 Å². The number of aromatic nitrogens is 3. The highest BCUT2D eigenvalue weighted by atomic mass is 16.5. The van der Waals surface area contributed by atoms with E-state index in [1.165, 1.54) is 0 Å². The lowest BCUT2D eigenvalue weighted by Crippen LogP contribution is -1.93. The molecule has 0 amide bonds. The van der Waals surface area contributed by atoms with E-state index in [1.54, 1.807) is 24.7 Å².